The first-order valence-electron chi connectivity index (χ1n) is 10.5. The Labute approximate surface area is 178 Å². The first kappa shape index (κ1) is 21.7. The van der Waals surface area contributed by atoms with Gasteiger partial charge in [-0.25, -0.2) is 0 Å². The summed E-state index contributed by atoms with van der Waals surface area (Å²) in [7, 11) is 1.58. The molecular formula is C24H31N3O3. The number of nitrogens with zero attached hydrogens (tertiary/aromatic N) is 1. The Balaban J connectivity index is 1.54. The lowest BCUT2D eigenvalue weighted by Gasteiger charge is -2.35. The van der Waals surface area contributed by atoms with Crippen LogP contribution < -0.4 is 20.3 Å². The van der Waals surface area contributed by atoms with Gasteiger partial charge in [0.15, 0.2) is 0 Å². The summed E-state index contributed by atoms with van der Waals surface area (Å²) in [5.41, 5.74) is 1.72. The molecule has 1 aliphatic heterocycles. The zero-order chi connectivity index (χ0) is 21.5. The van der Waals surface area contributed by atoms with E-state index in [4.69, 9.17) is 4.74 Å². The van der Waals surface area contributed by atoms with Gasteiger partial charge in [-0.15, -0.1) is 0 Å². The number of methoxy groups -OCH3 is 1. The highest BCUT2D eigenvalue weighted by molar-refractivity contribution is 5.97. The van der Waals surface area contributed by atoms with Crippen molar-refractivity contribution in [1.82, 2.24) is 10.6 Å². The van der Waals surface area contributed by atoms with E-state index in [-0.39, 0.29) is 23.8 Å². The Morgan fingerprint density at radius 3 is 2.20 bits per heavy atom. The Hall–Kier alpha value is -3.02. The zero-order valence-corrected chi connectivity index (χ0v) is 17.9. The van der Waals surface area contributed by atoms with Gasteiger partial charge in [0.05, 0.1) is 7.11 Å². The first-order chi connectivity index (χ1) is 14.5. The van der Waals surface area contributed by atoms with Crippen molar-refractivity contribution in [2.24, 2.45) is 5.92 Å². The second kappa shape index (κ2) is 10.1. The first-order valence-corrected chi connectivity index (χ1v) is 10.5. The number of benzene rings is 2. The molecule has 2 N–H and O–H groups in total. The maximum Gasteiger partial charge on any atom is 0.251 e. The highest BCUT2D eigenvalue weighted by Gasteiger charge is 2.28. The molecule has 1 aliphatic rings. The fourth-order valence-electron chi connectivity index (χ4n) is 3.71. The van der Waals surface area contributed by atoms with Crippen molar-refractivity contribution in [2.75, 3.05) is 25.1 Å². The number of carbonyl (C=O) groups is 2. The third kappa shape index (κ3) is 5.53. The molecule has 0 bridgehead atoms. The van der Waals surface area contributed by atoms with E-state index in [1.165, 1.54) is 5.69 Å². The average molecular weight is 410 g/mol. The number of carbonyl (C=O) groups excluding carboxylic acids is 2. The van der Waals surface area contributed by atoms with Gasteiger partial charge in [-0.1, -0.05) is 32.0 Å². The molecule has 1 fully saturated rings. The van der Waals surface area contributed by atoms with E-state index in [2.05, 4.69) is 27.7 Å². The Kier molecular flexibility index (Phi) is 7.33. The van der Waals surface area contributed by atoms with Gasteiger partial charge in [-0.3, -0.25) is 9.59 Å². The zero-order valence-electron chi connectivity index (χ0n) is 17.9. The van der Waals surface area contributed by atoms with Gasteiger partial charge in [-0.05, 0) is 55.2 Å². The Morgan fingerprint density at radius 2 is 1.63 bits per heavy atom. The van der Waals surface area contributed by atoms with Gasteiger partial charge in [0, 0.05) is 30.4 Å². The van der Waals surface area contributed by atoms with E-state index in [0.717, 1.165) is 25.9 Å². The molecule has 0 spiro atoms. The summed E-state index contributed by atoms with van der Waals surface area (Å²) in [6.07, 6.45) is 1.77. The SMILES string of the molecule is COc1ccc(C(=O)NC(C(=O)NC2CCN(c3ccccc3)CC2)C(C)C)cc1. The van der Waals surface area contributed by atoms with Crippen molar-refractivity contribution in [3.8, 4) is 5.75 Å². The van der Waals surface area contributed by atoms with Gasteiger partial charge in [-0.2, -0.15) is 0 Å². The van der Waals surface area contributed by atoms with E-state index in [1.54, 1.807) is 31.4 Å². The van der Waals surface area contributed by atoms with E-state index >= 15 is 0 Å². The smallest absolute Gasteiger partial charge is 0.251 e. The number of rotatable bonds is 7. The van der Waals surface area contributed by atoms with Gasteiger partial charge >= 0.3 is 0 Å². The van der Waals surface area contributed by atoms with Crippen LogP contribution in [0.5, 0.6) is 5.75 Å². The third-order valence-corrected chi connectivity index (χ3v) is 5.55. The number of hydrogen-bond donors (Lipinski definition) is 2. The summed E-state index contributed by atoms with van der Waals surface area (Å²) in [6, 6.07) is 16.7. The fourth-order valence-corrected chi connectivity index (χ4v) is 3.71. The monoisotopic (exact) mass is 409 g/mol. The second-order valence-corrected chi connectivity index (χ2v) is 8.03. The van der Waals surface area contributed by atoms with Gasteiger partial charge in [0.25, 0.3) is 5.91 Å². The highest BCUT2D eigenvalue weighted by atomic mass is 16.5. The topological polar surface area (TPSA) is 70.7 Å². The minimum atomic E-state index is -0.577. The van der Waals surface area contributed by atoms with Crippen LogP contribution in [0.4, 0.5) is 5.69 Å². The number of nitrogens with one attached hydrogen (secondary N) is 2. The van der Waals surface area contributed by atoms with E-state index in [9.17, 15) is 9.59 Å². The minimum Gasteiger partial charge on any atom is -0.497 e. The summed E-state index contributed by atoms with van der Waals surface area (Å²) in [5.74, 6) is 0.290. The van der Waals surface area contributed by atoms with Crippen molar-refractivity contribution in [3.05, 3.63) is 60.2 Å². The summed E-state index contributed by atoms with van der Waals surface area (Å²) >= 11 is 0. The van der Waals surface area contributed by atoms with Crippen molar-refractivity contribution in [2.45, 2.75) is 38.8 Å². The Morgan fingerprint density at radius 1 is 1.00 bits per heavy atom. The summed E-state index contributed by atoms with van der Waals surface area (Å²) < 4.78 is 5.13. The molecule has 160 valence electrons. The lowest BCUT2D eigenvalue weighted by molar-refractivity contribution is -0.124. The number of anilines is 1. The molecule has 1 atom stereocenters. The van der Waals surface area contributed by atoms with Crippen LogP contribution in [-0.4, -0.2) is 44.1 Å². The van der Waals surface area contributed by atoms with E-state index in [1.807, 2.05) is 32.0 Å². The molecule has 3 rings (SSSR count). The van der Waals surface area contributed by atoms with Crippen LogP contribution in [0.1, 0.15) is 37.0 Å². The fraction of sp³-hybridized carbons (Fsp3) is 0.417. The molecule has 2 aromatic rings. The maximum atomic E-state index is 12.9. The lowest BCUT2D eigenvalue weighted by atomic mass is 10.00. The largest absolute Gasteiger partial charge is 0.497 e. The molecule has 0 aromatic heterocycles. The molecule has 1 unspecified atom stereocenters. The molecular weight excluding hydrogens is 378 g/mol. The molecule has 2 amide bonds. The Bertz CT molecular complexity index is 829. The van der Waals surface area contributed by atoms with E-state index < -0.39 is 6.04 Å². The molecule has 6 heteroatoms. The van der Waals surface area contributed by atoms with Crippen molar-refractivity contribution < 1.29 is 14.3 Å². The predicted molar refractivity (Wildman–Crippen MR) is 119 cm³/mol. The van der Waals surface area contributed by atoms with Gasteiger partial charge in [0.2, 0.25) is 5.91 Å². The molecule has 2 aromatic carbocycles. The van der Waals surface area contributed by atoms with Crippen LogP contribution in [0, 0.1) is 5.92 Å². The van der Waals surface area contributed by atoms with Crippen LogP contribution in [0.15, 0.2) is 54.6 Å². The minimum absolute atomic E-state index is 0.0170. The van der Waals surface area contributed by atoms with Crippen LogP contribution in [0.25, 0.3) is 0 Å². The van der Waals surface area contributed by atoms with Crippen LogP contribution in [0.3, 0.4) is 0 Å². The molecule has 0 aliphatic carbocycles. The number of ether oxygens (including phenoxy) is 1. The molecule has 1 heterocycles. The standard InChI is InChI=1S/C24H31N3O3/c1-17(2)22(26-23(28)18-9-11-21(30-3)12-10-18)24(29)25-19-13-15-27(16-14-19)20-7-5-4-6-8-20/h4-12,17,19,22H,13-16H2,1-3H3,(H,25,29)(H,26,28). The predicted octanol–water partition coefficient (Wildman–Crippen LogP) is 3.23. The maximum absolute atomic E-state index is 12.9. The van der Waals surface area contributed by atoms with Crippen molar-refractivity contribution in [1.29, 1.82) is 0 Å². The quantitative estimate of drug-likeness (QED) is 0.737. The molecule has 0 saturated carbocycles. The van der Waals surface area contributed by atoms with Crippen molar-refractivity contribution >= 4 is 17.5 Å². The average Bonchev–Trinajstić information content (AvgIpc) is 2.78. The normalized spacial score (nSPS) is 15.5. The number of hydrogen-bond acceptors (Lipinski definition) is 4. The summed E-state index contributed by atoms with van der Waals surface area (Å²) in [4.78, 5) is 27.9. The molecule has 0 radical (unpaired) electrons. The summed E-state index contributed by atoms with van der Waals surface area (Å²) in [5, 5.41) is 6.04. The third-order valence-electron chi connectivity index (χ3n) is 5.55. The van der Waals surface area contributed by atoms with Crippen LogP contribution in [-0.2, 0) is 4.79 Å². The lowest BCUT2D eigenvalue weighted by Crippen LogP contribution is -2.54. The van der Waals surface area contributed by atoms with Gasteiger partial charge in [0.1, 0.15) is 11.8 Å². The summed E-state index contributed by atoms with van der Waals surface area (Å²) in [6.45, 7) is 5.69. The van der Waals surface area contributed by atoms with Crippen molar-refractivity contribution in [3.63, 3.8) is 0 Å². The second-order valence-electron chi connectivity index (χ2n) is 8.03. The van der Waals surface area contributed by atoms with E-state index in [0.29, 0.717) is 11.3 Å². The number of amides is 2. The molecule has 6 nitrogen and oxygen atoms in total. The molecule has 30 heavy (non-hydrogen) atoms. The van der Waals surface area contributed by atoms with Crippen LogP contribution in [0.2, 0.25) is 0 Å². The number of para-hydroxylation sites is 1. The highest BCUT2D eigenvalue weighted by Crippen LogP contribution is 2.20. The van der Waals surface area contributed by atoms with Crippen LogP contribution >= 0.6 is 0 Å². The molecule has 1 saturated heterocycles. The van der Waals surface area contributed by atoms with Gasteiger partial charge < -0.3 is 20.3 Å². The number of piperidine rings is 1.